The summed E-state index contributed by atoms with van der Waals surface area (Å²) in [7, 11) is 0. The summed E-state index contributed by atoms with van der Waals surface area (Å²) in [6, 6.07) is 22.2. The molecule has 6 nitrogen and oxygen atoms in total. The summed E-state index contributed by atoms with van der Waals surface area (Å²) < 4.78 is 5.64. The third kappa shape index (κ3) is 8.62. The Balaban J connectivity index is 1.74. The standard InChI is InChI=1S/C30H34ClNO5/c1-20(16-21-8-12-23(13-9-21)24-14-10-22(11-15-24)17-28(34)35)32(29(36)37-30(2,3)4)19-27(33)25-6-5-7-26(31)18-25/h5-15,18,20,27,33H,16-17,19H2,1-4H3,(H,34,35)/t20-,27+/m1/s1. The molecule has 0 aliphatic heterocycles. The van der Waals surface area contributed by atoms with E-state index in [0.29, 0.717) is 17.0 Å². The number of benzene rings is 3. The van der Waals surface area contributed by atoms with Gasteiger partial charge in [-0.3, -0.25) is 4.79 Å². The molecule has 0 aliphatic rings. The van der Waals surface area contributed by atoms with Crippen LogP contribution in [0, 0.1) is 0 Å². The van der Waals surface area contributed by atoms with Crippen molar-refractivity contribution >= 4 is 23.7 Å². The van der Waals surface area contributed by atoms with Gasteiger partial charge >= 0.3 is 12.1 Å². The Hall–Kier alpha value is -3.35. The van der Waals surface area contributed by atoms with Crippen molar-refractivity contribution in [1.29, 1.82) is 0 Å². The van der Waals surface area contributed by atoms with Crippen molar-refractivity contribution in [1.82, 2.24) is 4.90 Å². The van der Waals surface area contributed by atoms with Gasteiger partial charge in [0, 0.05) is 11.1 Å². The number of amides is 1. The highest BCUT2D eigenvalue weighted by Crippen LogP contribution is 2.24. The molecule has 0 radical (unpaired) electrons. The second kappa shape index (κ2) is 12.3. The van der Waals surface area contributed by atoms with Crippen LogP contribution < -0.4 is 0 Å². The summed E-state index contributed by atoms with van der Waals surface area (Å²) in [5.41, 5.74) is 3.76. The number of aliphatic hydroxyl groups is 1. The lowest BCUT2D eigenvalue weighted by molar-refractivity contribution is -0.136. The number of nitrogens with zero attached hydrogens (tertiary/aromatic N) is 1. The largest absolute Gasteiger partial charge is 0.481 e. The third-order valence-corrected chi connectivity index (χ3v) is 6.13. The first-order valence-electron chi connectivity index (χ1n) is 12.2. The minimum absolute atomic E-state index is 0.00272. The molecule has 3 rings (SSSR count). The maximum absolute atomic E-state index is 13.1. The molecule has 0 bridgehead atoms. The van der Waals surface area contributed by atoms with Crippen LogP contribution in [0.25, 0.3) is 11.1 Å². The summed E-state index contributed by atoms with van der Waals surface area (Å²) in [6.45, 7) is 7.44. The Morgan fingerprint density at radius 1 is 0.946 bits per heavy atom. The molecule has 37 heavy (non-hydrogen) atoms. The highest BCUT2D eigenvalue weighted by molar-refractivity contribution is 6.30. The molecule has 196 valence electrons. The van der Waals surface area contributed by atoms with E-state index in [1.165, 1.54) is 0 Å². The zero-order valence-corrected chi connectivity index (χ0v) is 22.4. The molecule has 2 N–H and O–H groups in total. The van der Waals surface area contributed by atoms with Gasteiger partial charge in [0.15, 0.2) is 0 Å². The summed E-state index contributed by atoms with van der Waals surface area (Å²) >= 11 is 6.09. The molecule has 0 unspecified atom stereocenters. The molecule has 1 amide bonds. The number of halogens is 1. The molecule has 0 saturated carbocycles. The van der Waals surface area contributed by atoms with Gasteiger partial charge < -0.3 is 19.8 Å². The van der Waals surface area contributed by atoms with Crippen LogP contribution in [-0.2, 0) is 22.4 Å². The van der Waals surface area contributed by atoms with E-state index in [4.69, 9.17) is 21.4 Å². The van der Waals surface area contributed by atoms with Gasteiger partial charge in [-0.1, -0.05) is 72.3 Å². The quantitative estimate of drug-likeness (QED) is 0.332. The number of hydrogen-bond acceptors (Lipinski definition) is 4. The molecule has 2 atom stereocenters. The van der Waals surface area contributed by atoms with Crippen molar-refractivity contribution in [3.05, 3.63) is 94.5 Å². The predicted octanol–water partition coefficient (Wildman–Crippen LogP) is 6.54. The Kier molecular flexibility index (Phi) is 9.35. The summed E-state index contributed by atoms with van der Waals surface area (Å²) in [4.78, 5) is 25.5. The van der Waals surface area contributed by atoms with E-state index >= 15 is 0 Å². The third-order valence-electron chi connectivity index (χ3n) is 5.89. The van der Waals surface area contributed by atoms with Crippen molar-refractivity contribution < 1.29 is 24.5 Å². The fraction of sp³-hybridized carbons (Fsp3) is 0.333. The fourth-order valence-electron chi connectivity index (χ4n) is 4.03. The number of hydrogen-bond donors (Lipinski definition) is 2. The van der Waals surface area contributed by atoms with Crippen molar-refractivity contribution in [3.63, 3.8) is 0 Å². The molecule has 0 heterocycles. The molecule has 0 fully saturated rings. The van der Waals surface area contributed by atoms with Crippen molar-refractivity contribution in [2.45, 2.75) is 58.3 Å². The zero-order chi connectivity index (χ0) is 27.2. The number of carbonyl (C=O) groups is 2. The molecule has 0 saturated heterocycles. The molecule has 3 aromatic carbocycles. The molecule has 7 heteroatoms. The van der Waals surface area contributed by atoms with Crippen molar-refractivity contribution in [3.8, 4) is 11.1 Å². The minimum atomic E-state index is -0.917. The highest BCUT2D eigenvalue weighted by atomic mass is 35.5. The number of aliphatic hydroxyl groups excluding tert-OH is 1. The smallest absolute Gasteiger partial charge is 0.410 e. The van der Waals surface area contributed by atoms with Crippen LogP contribution in [0.2, 0.25) is 5.02 Å². The van der Waals surface area contributed by atoms with Gasteiger partial charge in [0.25, 0.3) is 0 Å². The maximum atomic E-state index is 13.1. The molecular formula is C30H34ClNO5. The van der Waals surface area contributed by atoms with Crippen LogP contribution in [0.4, 0.5) is 4.79 Å². The van der Waals surface area contributed by atoms with Crippen LogP contribution in [0.15, 0.2) is 72.8 Å². The van der Waals surface area contributed by atoms with E-state index in [-0.39, 0.29) is 19.0 Å². The van der Waals surface area contributed by atoms with Crippen LogP contribution in [0.1, 0.15) is 50.5 Å². The number of aliphatic carboxylic acids is 1. The number of ether oxygens (including phenoxy) is 1. The number of carboxylic acids is 1. The molecule has 0 spiro atoms. The lowest BCUT2D eigenvalue weighted by atomic mass is 9.99. The van der Waals surface area contributed by atoms with Gasteiger partial charge in [0.05, 0.1) is 19.1 Å². The summed E-state index contributed by atoms with van der Waals surface area (Å²) in [5, 5.41) is 20.3. The van der Waals surface area contributed by atoms with Gasteiger partial charge in [-0.15, -0.1) is 0 Å². The zero-order valence-electron chi connectivity index (χ0n) is 21.6. The molecular weight excluding hydrogens is 490 g/mol. The van der Waals surface area contributed by atoms with Gasteiger partial charge in [0.1, 0.15) is 5.60 Å². The Morgan fingerprint density at radius 2 is 1.51 bits per heavy atom. The van der Waals surface area contributed by atoms with Crippen LogP contribution >= 0.6 is 11.6 Å². The van der Waals surface area contributed by atoms with Gasteiger partial charge in [-0.2, -0.15) is 0 Å². The SMILES string of the molecule is C[C@H](Cc1ccc(-c2ccc(CC(=O)O)cc2)cc1)N(C[C@H](O)c1cccc(Cl)c1)C(=O)OC(C)(C)C. The molecule has 3 aromatic rings. The highest BCUT2D eigenvalue weighted by Gasteiger charge is 2.28. The first-order chi connectivity index (χ1) is 17.4. The fourth-order valence-corrected chi connectivity index (χ4v) is 4.23. The first-order valence-corrected chi connectivity index (χ1v) is 12.6. The van der Waals surface area contributed by atoms with Crippen LogP contribution in [0.3, 0.4) is 0 Å². The van der Waals surface area contributed by atoms with Gasteiger partial charge in [0.2, 0.25) is 0 Å². The van der Waals surface area contributed by atoms with E-state index < -0.39 is 23.8 Å². The Morgan fingerprint density at radius 3 is 2.03 bits per heavy atom. The second-order valence-electron chi connectivity index (χ2n) is 10.2. The maximum Gasteiger partial charge on any atom is 0.410 e. The van der Waals surface area contributed by atoms with Crippen molar-refractivity contribution in [2.24, 2.45) is 0 Å². The molecule has 0 aromatic heterocycles. The van der Waals surface area contributed by atoms with Gasteiger partial charge in [-0.05, 0) is 74.1 Å². The average molecular weight is 524 g/mol. The summed E-state index contributed by atoms with van der Waals surface area (Å²) in [6.07, 6.45) is -0.837. The second-order valence-corrected chi connectivity index (χ2v) is 10.7. The van der Waals surface area contributed by atoms with E-state index in [1.54, 1.807) is 29.2 Å². The first kappa shape index (κ1) is 28.2. The van der Waals surface area contributed by atoms with E-state index in [0.717, 1.165) is 22.3 Å². The van der Waals surface area contributed by atoms with Crippen LogP contribution in [0.5, 0.6) is 0 Å². The van der Waals surface area contributed by atoms with Gasteiger partial charge in [-0.25, -0.2) is 4.79 Å². The Labute approximate surface area is 223 Å². The average Bonchev–Trinajstić information content (AvgIpc) is 2.82. The summed E-state index contributed by atoms with van der Waals surface area (Å²) in [5.74, 6) is -0.855. The topological polar surface area (TPSA) is 87.1 Å². The number of rotatable bonds is 9. The van der Waals surface area contributed by atoms with Crippen LogP contribution in [-0.4, -0.2) is 45.4 Å². The lowest BCUT2D eigenvalue weighted by Gasteiger charge is -2.33. The van der Waals surface area contributed by atoms with E-state index in [1.807, 2.05) is 76.2 Å². The minimum Gasteiger partial charge on any atom is -0.481 e. The lowest BCUT2D eigenvalue weighted by Crippen LogP contribution is -2.45. The number of carbonyl (C=O) groups excluding carboxylic acids is 1. The molecule has 0 aliphatic carbocycles. The Bertz CT molecular complexity index is 1200. The van der Waals surface area contributed by atoms with E-state index in [9.17, 15) is 14.7 Å². The normalized spacial score (nSPS) is 13.0. The van der Waals surface area contributed by atoms with Crippen molar-refractivity contribution in [2.75, 3.05) is 6.54 Å². The monoisotopic (exact) mass is 523 g/mol. The predicted molar refractivity (Wildman–Crippen MR) is 146 cm³/mol. The van der Waals surface area contributed by atoms with E-state index in [2.05, 4.69) is 0 Å². The number of carboxylic acid groups (broad SMARTS) is 1.